The van der Waals surface area contributed by atoms with Crippen molar-refractivity contribution in [1.29, 1.82) is 0 Å². The number of amides is 1. The lowest BCUT2D eigenvalue weighted by molar-refractivity contribution is -0.155. The Morgan fingerprint density at radius 2 is 1.90 bits per heavy atom. The highest BCUT2D eigenvalue weighted by molar-refractivity contribution is 5.76. The summed E-state index contributed by atoms with van der Waals surface area (Å²) in [5.41, 5.74) is 5.68. The van der Waals surface area contributed by atoms with Crippen molar-refractivity contribution in [1.82, 2.24) is 4.90 Å². The van der Waals surface area contributed by atoms with Gasteiger partial charge < -0.3 is 34.3 Å². The summed E-state index contributed by atoms with van der Waals surface area (Å²) in [6.07, 6.45) is -0.901. The third-order valence-electron chi connectivity index (χ3n) is 4.34. The highest BCUT2D eigenvalue weighted by atomic mass is 16.7. The average Bonchev–Trinajstić information content (AvgIpc) is 2.72. The summed E-state index contributed by atoms with van der Waals surface area (Å²) in [5, 5.41) is 0. The van der Waals surface area contributed by atoms with E-state index in [0.717, 1.165) is 0 Å². The van der Waals surface area contributed by atoms with Crippen LogP contribution < -0.4 is 15.2 Å². The van der Waals surface area contributed by atoms with Gasteiger partial charge in [0.15, 0.2) is 11.5 Å². The fourth-order valence-electron chi connectivity index (χ4n) is 2.61. The Bertz CT molecular complexity index is 668. The molecule has 2 atom stereocenters. The number of hydrogen-bond donors (Lipinski definition) is 1. The molecule has 1 aliphatic rings. The Labute approximate surface area is 171 Å². The molecule has 0 aliphatic carbocycles. The van der Waals surface area contributed by atoms with Crippen molar-refractivity contribution in [3.63, 3.8) is 0 Å². The standard InChI is InChI=1S/C20H30N2O7/c1-4-25-16-7-5-6-8-17(16)27-12-15-11-22(9-10-26-15)20(24)29-13-28-19(23)18(21)14(2)3/h5-8,14-15,18H,4,9-13,21H2,1-3H3/t15-,18-/m0/s1. The molecule has 1 amide bonds. The summed E-state index contributed by atoms with van der Waals surface area (Å²) < 4.78 is 26.9. The number of nitrogens with two attached hydrogens (primary N) is 1. The first-order valence-corrected chi connectivity index (χ1v) is 9.72. The molecule has 1 aliphatic heterocycles. The number of hydrogen-bond acceptors (Lipinski definition) is 8. The van der Waals surface area contributed by atoms with Crippen molar-refractivity contribution < 1.29 is 33.3 Å². The van der Waals surface area contributed by atoms with E-state index < -0.39 is 24.9 Å². The van der Waals surface area contributed by atoms with Gasteiger partial charge in [0.2, 0.25) is 6.79 Å². The van der Waals surface area contributed by atoms with E-state index in [1.54, 1.807) is 13.8 Å². The van der Waals surface area contributed by atoms with Gasteiger partial charge in [-0.15, -0.1) is 0 Å². The average molecular weight is 410 g/mol. The molecular weight excluding hydrogens is 380 g/mol. The monoisotopic (exact) mass is 410 g/mol. The molecule has 0 saturated carbocycles. The van der Waals surface area contributed by atoms with Crippen molar-refractivity contribution in [3.05, 3.63) is 24.3 Å². The number of carbonyl (C=O) groups is 2. The third-order valence-corrected chi connectivity index (χ3v) is 4.34. The molecule has 2 N–H and O–H groups in total. The Kier molecular flexibility index (Phi) is 9.01. The van der Waals surface area contributed by atoms with Crippen LogP contribution in [0.25, 0.3) is 0 Å². The normalized spacial score (nSPS) is 17.6. The van der Waals surface area contributed by atoms with E-state index in [9.17, 15) is 9.59 Å². The maximum Gasteiger partial charge on any atom is 0.412 e. The van der Waals surface area contributed by atoms with E-state index in [4.69, 9.17) is 29.4 Å². The lowest BCUT2D eigenvalue weighted by Crippen LogP contribution is -2.48. The van der Waals surface area contributed by atoms with Crippen LogP contribution in [0.3, 0.4) is 0 Å². The number of rotatable bonds is 9. The second kappa shape index (κ2) is 11.5. The molecule has 1 aromatic rings. The number of nitrogens with zero attached hydrogens (tertiary/aromatic N) is 1. The van der Waals surface area contributed by atoms with Crippen LogP contribution in [0.2, 0.25) is 0 Å². The zero-order valence-electron chi connectivity index (χ0n) is 17.2. The van der Waals surface area contributed by atoms with Crippen LogP contribution in [-0.4, -0.2) is 68.8 Å². The van der Waals surface area contributed by atoms with E-state index in [1.807, 2.05) is 31.2 Å². The van der Waals surface area contributed by atoms with E-state index in [0.29, 0.717) is 37.8 Å². The van der Waals surface area contributed by atoms with Crippen molar-refractivity contribution in [2.45, 2.75) is 32.9 Å². The minimum Gasteiger partial charge on any atom is -0.490 e. The molecule has 0 unspecified atom stereocenters. The zero-order valence-corrected chi connectivity index (χ0v) is 17.2. The molecule has 0 radical (unpaired) electrons. The van der Waals surface area contributed by atoms with Gasteiger partial charge in [0, 0.05) is 6.54 Å². The summed E-state index contributed by atoms with van der Waals surface area (Å²) in [7, 11) is 0. The number of benzene rings is 1. The molecule has 9 nitrogen and oxygen atoms in total. The van der Waals surface area contributed by atoms with Gasteiger partial charge in [-0.1, -0.05) is 26.0 Å². The molecule has 0 spiro atoms. The van der Waals surface area contributed by atoms with Gasteiger partial charge in [-0.3, -0.25) is 4.79 Å². The van der Waals surface area contributed by atoms with Gasteiger partial charge in [-0.25, -0.2) is 4.79 Å². The van der Waals surface area contributed by atoms with Crippen LogP contribution in [0, 0.1) is 5.92 Å². The van der Waals surface area contributed by atoms with Gasteiger partial charge in [0.1, 0.15) is 18.8 Å². The molecule has 9 heteroatoms. The molecular formula is C20H30N2O7. The van der Waals surface area contributed by atoms with Gasteiger partial charge in [-0.05, 0) is 25.0 Å². The molecule has 1 fully saturated rings. The third kappa shape index (κ3) is 7.10. The molecule has 1 heterocycles. The van der Waals surface area contributed by atoms with Crippen LogP contribution in [0.15, 0.2) is 24.3 Å². The number of para-hydroxylation sites is 2. The first-order valence-electron chi connectivity index (χ1n) is 9.72. The minimum absolute atomic E-state index is 0.0638. The molecule has 1 saturated heterocycles. The first kappa shape index (κ1) is 22.8. The molecule has 162 valence electrons. The van der Waals surface area contributed by atoms with Gasteiger partial charge in [-0.2, -0.15) is 0 Å². The number of ether oxygens (including phenoxy) is 5. The smallest absolute Gasteiger partial charge is 0.412 e. The first-order chi connectivity index (χ1) is 13.9. The van der Waals surface area contributed by atoms with Crippen LogP contribution in [0.4, 0.5) is 4.79 Å². The van der Waals surface area contributed by atoms with Crippen molar-refractivity contribution >= 4 is 12.1 Å². The maximum atomic E-state index is 12.2. The number of esters is 1. The fraction of sp³-hybridized carbons (Fsp3) is 0.600. The lowest BCUT2D eigenvalue weighted by Gasteiger charge is -2.32. The quantitative estimate of drug-likeness (QED) is 0.485. The van der Waals surface area contributed by atoms with Crippen molar-refractivity contribution in [3.8, 4) is 11.5 Å². The van der Waals surface area contributed by atoms with E-state index in [-0.39, 0.29) is 18.6 Å². The molecule has 1 aromatic carbocycles. The highest BCUT2D eigenvalue weighted by Gasteiger charge is 2.27. The number of carbonyl (C=O) groups excluding carboxylic acids is 2. The summed E-state index contributed by atoms with van der Waals surface area (Å²) in [6.45, 7) is 6.87. The Morgan fingerprint density at radius 1 is 1.21 bits per heavy atom. The van der Waals surface area contributed by atoms with Crippen LogP contribution in [0.5, 0.6) is 11.5 Å². The van der Waals surface area contributed by atoms with Crippen LogP contribution in [-0.2, 0) is 19.0 Å². The van der Waals surface area contributed by atoms with Crippen LogP contribution in [0.1, 0.15) is 20.8 Å². The summed E-state index contributed by atoms with van der Waals surface area (Å²) in [4.78, 5) is 25.4. The SMILES string of the molecule is CCOc1ccccc1OC[C@@H]1CN(C(=O)OCOC(=O)[C@@H](N)C(C)C)CCO1. The predicted molar refractivity (Wildman–Crippen MR) is 105 cm³/mol. The largest absolute Gasteiger partial charge is 0.490 e. The molecule has 0 aromatic heterocycles. The summed E-state index contributed by atoms with van der Waals surface area (Å²) in [5.74, 6) is 0.606. The Morgan fingerprint density at radius 3 is 2.55 bits per heavy atom. The topological polar surface area (TPSA) is 110 Å². The second-order valence-electron chi connectivity index (χ2n) is 6.89. The summed E-state index contributed by atoms with van der Waals surface area (Å²) in [6, 6.07) is 6.62. The molecule has 29 heavy (non-hydrogen) atoms. The van der Waals surface area contributed by atoms with E-state index in [2.05, 4.69) is 0 Å². The second-order valence-corrected chi connectivity index (χ2v) is 6.89. The van der Waals surface area contributed by atoms with E-state index in [1.165, 1.54) is 4.90 Å². The van der Waals surface area contributed by atoms with Gasteiger partial charge in [0.05, 0.1) is 19.8 Å². The van der Waals surface area contributed by atoms with Crippen molar-refractivity contribution in [2.24, 2.45) is 11.7 Å². The highest BCUT2D eigenvalue weighted by Crippen LogP contribution is 2.26. The Hall–Kier alpha value is -2.52. The fourth-order valence-corrected chi connectivity index (χ4v) is 2.61. The Balaban J connectivity index is 1.77. The van der Waals surface area contributed by atoms with Crippen molar-refractivity contribution in [2.75, 3.05) is 39.7 Å². The zero-order chi connectivity index (χ0) is 21.2. The summed E-state index contributed by atoms with van der Waals surface area (Å²) >= 11 is 0. The van der Waals surface area contributed by atoms with Gasteiger partial charge >= 0.3 is 12.1 Å². The lowest BCUT2D eigenvalue weighted by atomic mass is 10.1. The number of morpholine rings is 1. The van der Waals surface area contributed by atoms with Gasteiger partial charge in [0.25, 0.3) is 0 Å². The van der Waals surface area contributed by atoms with E-state index >= 15 is 0 Å². The van der Waals surface area contributed by atoms with Crippen LogP contribution >= 0.6 is 0 Å². The molecule has 0 bridgehead atoms. The minimum atomic E-state index is -0.752. The molecule has 2 rings (SSSR count). The maximum absolute atomic E-state index is 12.2. The predicted octanol–water partition coefficient (Wildman–Crippen LogP) is 1.79.